The van der Waals surface area contributed by atoms with Crippen LogP contribution in [0.4, 0.5) is 4.79 Å². The van der Waals surface area contributed by atoms with E-state index in [9.17, 15) is 9.59 Å². The number of urea groups is 1. The number of aliphatic carboxylic acids is 1. The predicted molar refractivity (Wildman–Crippen MR) is 62.8 cm³/mol. The quantitative estimate of drug-likeness (QED) is 0.616. The van der Waals surface area contributed by atoms with Gasteiger partial charge in [-0.2, -0.15) is 5.10 Å². The summed E-state index contributed by atoms with van der Waals surface area (Å²) in [6.45, 7) is 2.00. The van der Waals surface area contributed by atoms with Gasteiger partial charge in [0.05, 0.1) is 17.7 Å². The molecule has 0 bridgehead atoms. The molecule has 2 rings (SSSR count). The smallest absolute Gasteiger partial charge is 0.315 e. The van der Waals surface area contributed by atoms with Crippen LogP contribution in [0.1, 0.15) is 31.4 Å². The molecular weight excluding hydrogens is 236 g/mol. The van der Waals surface area contributed by atoms with E-state index < -0.39 is 11.4 Å². The summed E-state index contributed by atoms with van der Waals surface area (Å²) in [7, 11) is 0. The fraction of sp³-hybridized carbons (Fsp3) is 0.545. The molecule has 7 heteroatoms. The van der Waals surface area contributed by atoms with Gasteiger partial charge >= 0.3 is 12.0 Å². The van der Waals surface area contributed by atoms with Crippen molar-refractivity contribution in [3.8, 4) is 0 Å². The number of carboxylic acid groups (broad SMARTS) is 1. The molecule has 1 aromatic rings. The molecule has 1 atom stereocenters. The van der Waals surface area contributed by atoms with Crippen molar-refractivity contribution in [2.24, 2.45) is 5.41 Å². The summed E-state index contributed by atoms with van der Waals surface area (Å²) in [6.07, 6.45) is 4.58. The normalized spacial score (nSPS) is 17.8. The van der Waals surface area contributed by atoms with E-state index in [2.05, 4.69) is 20.8 Å². The van der Waals surface area contributed by atoms with Gasteiger partial charge in [-0.3, -0.25) is 9.89 Å². The molecule has 1 aromatic heterocycles. The van der Waals surface area contributed by atoms with Crippen molar-refractivity contribution in [3.05, 3.63) is 18.0 Å². The van der Waals surface area contributed by atoms with Crippen LogP contribution in [0, 0.1) is 5.41 Å². The van der Waals surface area contributed by atoms with Gasteiger partial charge in [0.15, 0.2) is 0 Å². The highest BCUT2D eigenvalue weighted by Gasteiger charge is 2.50. The van der Waals surface area contributed by atoms with Crippen LogP contribution in [0.5, 0.6) is 0 Å². The number of amides is 2. The molecule has 1 heterocycles. The minimum Gasteiger partial charge on any atom is -0.481 e. The Labute approximate surface area is 104 Å². The van der Waals surface area contributed by atoms with Gasteiger partial charge in [0, 0.05) is 18.3 Å². The average Bonchev–Trinajstić information content (AvgIpc) is 2.92. The highest BCUT2D eigenvalue weighted by atomic mass is 16.4. The first-order chi connectivity index (χ1) is 8.53. The minimum absolute atomic E-state index is 0.173. The Morgan fingerprint density at radius 3 is 2.83 bits per heavy atom. The van der Waals surface area contributed by atoms with Crippen LogP contribution in [0.2, 0.25) is 0 Å². The second kappa shape index (κ2) is 4.67. The van der Waals surface area contributed by atoms with Gasteiger partial charge < -0.3 is 15.7 Å². The molecule has 0 aliphatic heterocycles. The molecule has 1 saturated carbocycles. The molecule has 0 aromatic carbocycles. The standard InChI is InChI=1S/C11H16N4O3/c1-7(8-4-13-14-5-8)15-10(18)12-6-11(2-3-11)9(16)17/h4-5,7H,2-3,6H2,1H3,(H,13,14)(H,16,17)(H2,12,15,18). The van der Waals surface area contributed by atoms with E-state index >= 15 is 0 Å². The van der Waals surface area contributed by atoms with Gasteiger partial charge in [0.1, 0.15) is 0 Å². The lowest BCUT2D eigenvalue weighted by Gasteiger charge is -2.15. The minimum atomic E-state index is -0.842. The van der Waals surface area contributed by atoms with E-state index in [0.717, 1.165) is 5.56 Å². The molecule has 1 fully saturated rings. The summed E-state index contributed by atoms with van der Waals surface area (Å²) in [4.78, 5) is 22.5. The summed E-state index contributed by atoms with van der Waals surface area (Å²) in [5.74, 6) is -0.842. The zero-order valence-electron chi connectivity index (χ0n) is 10.1. The maximum Gasteiger partial charge on any atom is 0.315 e. The Hall–Kier alpha value is -2.05. The molecule has 18 heavy (non-hydrogen) atoms. The molecule has 2 amide bonds. The zero-order chi connectivity index (χ0) is 13.2. The number of H-pyrrole nitrogens is 1. The summed E-state index contributed by atoms with van der Waals surface area (Å²) in [5.41, 5.74) is 0.125. The van der Waals surface area contributed by atoms with E-state index in [4.69, 9.17) is 5.11 Å². The average molecular weight is 252 g/mol. The van der Waals surface area contributed by atoms with Crippen LogP contribution >= 0.6 is 0 Å². The molecule has 1 aliphatic carbocycles. The molecule has 0 saturated heterocycles. The van der Waals surface area contributed by atoms with E-state index in [1.807, 2.05) is 6.92 Å². The molecule has 4 N–H and O–H groups in total. The van der Waals surface area contributed by atoms with Gasteiger partial charge in [-0.1, -0.05) is 0 Å². The molecule has 0 spiro atoms. The molecule has 1 aliphatic rings. The summed E-state index contributed by atoms with van der Waals surface area (Å²) >= 11 is 0. The fourth-order valence-electron chi connectivity index (χ4n) is 1.70. The van der Waals surface area contributed by atoms with Gasteiger partial charge in [0.25, 0.3) is 0 Å². The summed E-state index contributed by atoms with van der Waals surface area (Å²) < 4.78 is 0. The molecule has 7 nitrogen and oxygen atoms in total. The molecular formula is C11H16N4O3. The molecule has 98 valence electrons. The second-order valence-corrected chi connectivity index (χ2v) is 4.67. The molecule has 0 radical (unpaired) electrons. The maximum absolute atomic E-state index is 11.6. The van der Waals surface area contributed by atoms with Crippen LogP contribution in [-0.4, -0.2) is 33.8 Å². The third-order valence-corrected chi connectivity index (χ3v) is 3.26. The van der Waals surface area contributed by atoms with Crippen molar-refractivity contribution >= 4 is 12.0 Å². The zero-order valence-corrected chi connectivity index (χ0v) is 10.1. The summed E-state index contributed by atoms with van der Waals surface area (Å²) in [5, 5.41) is 20.7. The number of aromatic amines is 1. The summed E-state index contributed by atoms with van der Waals surface area (Å²) in [6, 6.07) is -0.542. The maximum atomic E-state index is 11.6. The number of carbonyl (C=O) groups is 2. The third kappa shape index (κ3) is 2.61. The van der Waals surface area contributed by atoms with Crippen LogP contribution in [0.3, 0.4) is 0 Å². The van der Waals surface area contributed by atoms with Crippen molar-refractivity contribution in [1.82, 2.24) is 20.8 Å². The first-order valence-electron chi connectivity index (χ1n) is 5.80. The number of hydrogen-bond acceptors (Lipinski definition) is 3. The number of hydrogen-bond donors (Lipinski definition) is 4. The first-order valence-corrected chi connectivity index (χ1v) is 5.80. The van der Waals surface area contributed by atoms with Crippen LogP contribution < -0.4 is 10.6 Å². The van der Waals surface area contributed by atoms with Crippen molar-refractivity contribution in [2.75, 3.05) is 6.54 Å². The monoisotopic (exact) mass is 252 g/mol. The predicted octanol–water partition coefficient (Wildman–Crippen LogP) is 0.635. The topological polar surface area (TPSA) is 107 Å². The Kier molecular flexibility index (Phi) is 3.22. The fourth-order valence-corrected chi connectivity index (χ4v) is 1.70. The van der Waals surface area contributed by atoms with Crippen LogP contribution in [0.25, 0.3) is 0 Å². The van der Waals surface area contributed by atoms with E-state index in [1.165, 1.54) is 0 Å². The van der Waals surface area contributed by atoms with Crippen LogP contribution in [-0.2, 0) is 4.79 Å². The molecule has 1 unspecified atom stereocenters. The van der Waals surface area contributed by atoms with Crippen molar-refractivity contribution in [3.63, 3.8) is 0 Å². The Morgan fingerprint density at radius 1 is 1.61 bits per heavy atom. The number of carbonyl (C=O) groups excluding carboxylic acids is 1. The van der Waals surface area contributed by atoms with Gasteiger partial charge in [-0.05, 0) is 19.8 Å². The Bertz CT molecular complexity index is 439. The third-order valence-electron chi connectivity index (χ3n) is 3.26. The number of nitrogens with zero attached hydrogens (tertiary/aromatic N) is 1. The first kappa shape index (κ1) is 12.4. The van der Waals surface area contributed by atoms with Gasteiger partial charge in [-0.25, -0.2) is 4.79 Å². The largest absolute Gasteiger partial charge is 0.481 e. The highest BCUT2D eigenvalue weighted by molar-refractivity contribution is 5.80. The van der Waals surface area contributed by atoms with Gasteiger partial charge in [-0.15, -0.1) is 0 Å². The van der Waals surface area contributed by atoms with Crippen molar-refractivity contribution < 1.29 is 14.7 Å². The lowest BCUT2D eigenvalue weighted by molar-refractivity contribution is -0.143. The number of aromatic nitrogens is 2. The van der Waals surface area contributed by atoms with E-state index in [-0.39, 0.29) is 18.6 Å². The SMILES string of the molecule is CC(NC(=O)NCC1(C(=O)O)CC1)c1cn[nH]c1. The van der Waals surface area contributed by atoms with Gasteiger partial charge in [0.2, 0.25) is 0 Å². The second-order valence-electron chi connectivity index (χ2n) is 4.67. The van der Waals surface area contributed by atoms with Crippen molar-refractivity contribution in [1.29, 1.82) is 0 Å². The van der Waals surface area contributed by atoms with Crippen molar-refractivity contribution in [2.45, 2.75) is 25.8 Å². The Morgan fingerprint density at radius 2 is 2.33 bits per heavy atom. The number of rotatable bonds is 5. The lowest BCUT2D eigenvalue weighted by Crippen LogP contribution is -2.41. The number of carboxylic acids is 1. The van der Waals surface area contributed by atoms with E-state index in [0.29, 0.717) is 12.8 Å². The number of nitrogens with one attached hydrogen (secondary N) is 3. The Balaban J connectivity index is 1.78. The van der Waals surface area contributed by atoms with Crippen LogP contribution in [0.15, 0.2) is 12.4 Å². The highest BCUT2D eigenvalue weighted by Crippen LogP contribution is 2.45. The lowest BCUT2D eigenvalue weighted by atomic mass is 10.1. The van der Waals surface area contributed by atoms with E-state index in [1.54, 1.807) is 12.4 Å².